The number of rotatable bonds is 16. The molecule has 4 N–H and O–H groups in total. The minimum absolute atomic E-state index is 0.0189. The summed E-state index contributed by atoms with van der Waals surface area (Å²) >= 11 is 0. The van der Waals surface area contributed by atoms with Crippen molar-refractivity contribution < 1.29 is 39.5 Å². The maximum absolute atomic E-state index is 13.3. The van der Waals surface area contributed by atoms with E-state index in [4.69, 9.17) is 9.47 Å². The van der Waals surface area contributed by atoms with Gasteiger partial charge in [-0.05, 0) is 79.5 Å². The van der Waals surface area contributed by atoms with Crippen LogP contribution in [0.1, 0.15) is 116 Å². The molecule has 0 aliphatic carbocycles. The number of unbranched alkanes of at least 4 members (excludes halogenated alkanes) is 6. The number of ether oxygens (including phenoxy) is 2. The number of hydrogen-bond acceptors (Lipinski definition) is 8. The highest BCUT2D eigenvalue weighted by Crippen LogP contribution is 2.33. The third-order valence-corrected chi connectivity index (χ3v) is 7.31. The number of aryl methyl sites for hydroxylation is 3. The summed E-state index contributed by atoms with van der Waals surface area (Å²) in [5.41, 5.74) is 1.72. The second kappa shape index (κ2) is 16.4. The molecule has 0 aromatic heterocycles. The van der Waals surface area contributed by atoms with E-state index in [2.05, 4.69) is 20.8 Å². The summed E-state index contributed by atoms with van der Waals surface area (Å²) in [6, 6.07) is 9.96. The first kappa shape index (κ1) is 33.3. The van der Waals surface area contributed by atoms with E-state index in [0.29, 0.717) is 30.4 Å². The number of benzene rings is 3. The molecule has 43 heavy (non-hydrogen) atoms. The van der Waals surface area contributed by atoms with Crippen molar-refractivity contribution in [2.24, 2.45) is 0 Å². The molecule has 3 rings (SSSR count). The van der Waals surface area contributed by atoms with Gasteiger partial charge in [-0.3, -0.25) is 0 Å². The van der Waals surface area contributed by atoms with Crippen molar-refractivity contribution >= 4 is 11.9 Å². The molecule has 0 spiro atoms. The van der Waals surface area contributed by atoms with Crippen molar-refractivity contribution in [1.82, 2.24) is 0 Å². The number of aromatic hydroxyl groups is 4. The molecule has 0 radical (unpaired) electrons. The Bertz CT molecular complexity index is 1300. The van der Waals surface area contributed by atoms with Crippen LogP contribution in [0.5, 0.6) is 34.5 Å². The molecule has 0 aliphatic heterocycles. The summed E-state index contributed by atoms with van der Waals surface area (Å²) in [6.07, 6.45) is 9.85. The van der Waals surface area contributed by atoms with Gasteiger partial charge in [0, 0.05) is 18.2 Å². The normalized spacial score (nSPS) is 11.0. The van der Waals surface area contributed by atoms with Crippen LogP contribution in [0.3, 0.4) is 0 Å². The number of phenols is 4. The summed E-state index contributed by atoms with van der Waals surface area (Å²) in [6.45, 7) is 6.21. The first-order chi connectivity index (χ1) is 20.7. The van der Waals surface area contributed by atoms with E-state index < -0.39 is 11.9 Å². The monoisotopic (exact) mass is 592 g/mol. The zero-order valence-corrected chi connectivity index (χ0v) is 25.4. The highest BCUT2D eigenvalue weighted by molar-refractivity contribution is 5.97. The molecule has 3 aromatic rings. The van der Waals surface area contributed by atoms with Crippen LogP contribution >= 0.6 is 0 Å². The first-order valence-electron chi connectivity index (χ1n) is 15.3. The smallest absolute Gasteiger partial charge is 0.347 e. The Morgan fingerprint density at radius 2 is 0.930 bits per heavy atom. The predicted octanol–water partition coefficient (Wildman–Crippen LogP) is 8.15. The number of carbonyl (C=O) groups excluding carboxylic acids is 2. The van der Waals surface area contributed by atoms with E-state index in [-0.39, 0.29) is 45.6 Å². The molecule has 8 nitrogen and oxygen atoms in total. The third kappa shape index (κ3) is 9.66. The lowest BCUT2D eigenvalue weighted by molar-refractivity contribution is 0.0729. The van der Waals surface area contributed by atoms with Crippen molar-refractivity contribution in [3.8, 4) is 34.5 Å². The SMILES string of the molecule is CCCCCc1cc(OC(=O)c2c(O)cc(O)cc2CCCCC)cc(OC(=O)c2c(O)cc(O)cc2CCCCC)c1. The molecule has 0 aliphatic rings. The van der Waals surface area contributed by atoms with Crippen LogP contribution in [0.2, 0.25) is 0 Å². The summed E-state index contributed by atoms with van der Waals surface area (Å²) in [5.74, 6) is -2.35. The Hall–Kier alpha value is -4.20. The summed E-state index contributed by atoms with van der Waals surface area (Å²) in [4.78, 5) is 26.7. The minimum atomic E-state index is -0.790. The van der Waals surface area contributed by atoms with Crippen LogP contribution in [0.4, 0.5) is 0 Å². The van der Waals surface area contributed by atoms with Crippen molar-refractivity contribution in [2.45, 2.75) is 97.8 Å². The number of esters is 2. The van der Waals surface area contributed by atoms with Gasteiger partial charge in [0.2, 0.25) is 0 Å². The van der Waals surface area contributed by atoms with Gasteiger partial charge in [0.1, 0.15) is 45.6 Å². The highest BCUT2D eigenvalue weighted by Gasteiger charge is 2.23. The van der Waals surface area contributed by atoms with Crippen LogP contribution in [0.25, 0.3) is 0 Å². The molecule has 0 heterocycles. The summed E-state index contributed by atoms with van der Waals surface area (Å²) in [5, 5.41) is 41.1. The van der Waals surface area contributed by atoms with Gasteiger partial charge < -0.3 is 29.9 Å². The summed E-state index contributed by atoms with van der Waals surface area (Å²) in [7, 11) is 0. The van der Waals surface area contributed by atoms with E-state index in [1.807, 2.05) is 0 Å². The van der Waals surface area contributed by atoms with Crippen LogP contribution in [0, 0.1) is 0 Å². The molecule has 0 bridgehead atoms. The molecule has 0 amide bonds. The standard InChI is InChI=1S/C35H44O8/c1-4-7-10-13-23-16-28(42-34(40)32-24(14-11-8-5-2)18-26(36)20-30(32)38)22-29(17-23)43-35(41)33-25(15-12-9-6-3)19-27(37)21-31(33)39/h16-22,36-39H,4-15H2,1-3H3. The van der Waals surface area contributed by atoms with Gasteiger partial charge in [0.25, 0.3) is 0 Å². The van der Waals surface area contributed by atoms with Gasteiger partial charge in [-0.1, -0.05) is 59.3 Å². The van der Waals surface area contributed by atoms with Gasteiger partial charge in [-0.2, -0.15) is 0 Å². The molecule has 0 saturated heterocycles. The zero-order chi connectivity index (χ0) is 31.4. The Morgan fingerprint density at radius 3 is 1.33 bits per heavy atom. The number of hydrogen-bond donors (Lipinski definition) is 4. The van der Waals surface area contributed by atoms with Crippen molar-refractivity contribution in [1.29, 1.82) is 0 Å². The third-order valence-electron chi connectivity index (χ3n) is 7.31. The molecule has 0 atom stereocenters. The topological polar surface area (TPSA) is 134 Å². The maximum atomic E-state index is 13.3. The molecule has 0 fully saturated rings. The maximum Gasteiger partial charge on any atom is 0.347 e. The second-order valence-corrected chi connectivity index (χ2v) is 11.0. The lowest BCUT2D eigenvalue weighted by atomic mass is 9.99. The van der Waals surface area contributed by atoms with Crippen LogP contribution in [-0.4, -0.2) is 32.4 Å². The van der Waals surface area contributed by atoms with Gasteiger partial charge in [0.15, 0.2) is 0 Å². The predicted molar refractivity (Wildman–Crippen MR) is 166 cm³/mol. The Balaban J connectivity index is 1.93. The molecule has 8 heteroatoms. The van der Waals surface area contributed by atoms with Crippen molar-refractivity contribution in [2.75, 3.05) is 0 Å². The Labute approximate surface area is 253 Å². The molecule has 232 valence electrons. The lowest BCUT2D eigenvalue weighted by Gasteiger charge is -2.15. The van der Waals surface area contributed by atoms with Crippen LogP contribution in [0.15, 0.2) is 42.5 Å². The Morgan fingerprint density at radius 1 is 0.535 bits per heavy atom. The van der Waals surface area contributed by atoms with E-state index in [9.17, 15) is 30.0 Å². The Kier molecular flexibility index (Phi) is 12.7. The lowest BCUT2D eigenvalue weighted by Crippen LogP contribution is -2.14. The van der Waals surface area contributed by atoms with Gasteiger partial charge in [0.05, 0.1) is 0 Å². The highest BCUT2D eigenvalue weighted by atomic mass is 16.5. The fraction of sp³-hybridized carbons (Fsp3) is 0.429. The molecular formula is C35H44O8. The molecule has 0 saturated carbocycles. The molecule has 0 unspecified atom stereocenters. The van der Waals surface area contributed by atoms with Gasteiger partial charge in [-0.15, -0.1) is 0 Å². The van der Waals surface area contributed by atoms with Crippen LogP contribution < -0.4 is 9.47 Å². The molecule has 3 aromatic carbocycles. The quantitative estimate of drug-likeness (QED) is 0.0744. The molecular weight excluding hydrogens is 548 g/mol. The minimum Gasteiger partial charge on any atom is -0.508 e. The van der Waals surface area contributed by atoms with Crippen molar-refractivity contribution in [3.05, 3.63) is 70.3 Å². The van der Waals surface area contributed by atoms with Gasteiger partial charge in [-0.25, -0.2) is 9.59 Å². The van der Waals surface area contributed by atoms with E-state index in [0.717, 1.165) is 75.5 Å². The number of phenolic OH excluding ortho intramolecular Hbond substituents is 4. The fourth-order valence-corrected chi connectivity index (χ4v) is 5.12. The van der Waals surface area contributed by atoms with Gasteiger partial charge >= 0.3 is 11.9 Å². The van der Waals surface area contributed by atoms with E-state index in [1.165, 1.54) is 18.2 Å². The fourth-order valence-electron chi connectivity index (χ4n) is 5.12. The van der Waals surface area contributed by atoms with E-state index in [1.54, 1.807) is 12.1 Å². The average molecular weight is 593 g/mol. The van der Waals surface area contributed by atoms with Crippen molar-refractivity contribution in [3.63, 3.8) is 0 Å². The largest absolute Gasteiger partial charge is 0.508 e. The van der Waals surface area contributed by atoms with E-state index >= 15 is 0 Å². The van der Waals surface area contributed by atoms with Crippen LogP contribution in [-0.2, 0) is 19.3 Å². The zero-order valence-electron chi connectivity index (χ0n) is 25.4. The summed E-state index contributed by atoms with van der Waals surface area (Å²) < 4.78 is 11.4. The average Bonchev–Trinajstić information content (AvgIpc) is 2.92. The number of carbonyl (C=O) groups is 2. The first-order valence-corrected chi connectivity index (χ1v) is 15.3. The second-order valence-electron chi connectivity index (χ2n) is 11.0.